The number of hydrogen-bond donors (Lipinski definition) is 4. The second kappa shape index (κ2) is 18.4. The van der Waals surface area contributed by atoms with Crippen LogP contribution < -0.4 is 20.5 Å². The SMILES string of the molecule is CCC(/C=C\N)=C1\C=C(OC)C=CC1.CCC(C)(C)O.CCC(CC)NCc1ccc2c(c1O)OCCCO2. The minimum Gasteiger partial charge on any atom is -0.504 e. The molecule has 1 heterocycles. The van der Waals surface area contributed by atoms with Gasteiger partial charge in [-0.1, -0.05) is 39.8 Å². The number of ether oxygens (including phenoxy) is 3. The number of phenols is 1. The summed E-state index contributed by atoms with van der Waals surface area (Å²) >= 11 is 0. The number of phenolic OH excluding ortho intramolecular Hbond substituents is 1. The van der Waals surface area contributed by atoms with Crippen LogP contribution in [0.15, 0.2) is 59.5 Å². The smallest absolute Gasteiger partial charge is 0.203 e. The van der Waals surface area contributed by atoms with Gasteiger partial charge in [-0.3, -0.25) is 0 Å². The zero-order valence-corrected chi connectivity index (χ0v) is 25.2. The lowest BCUT2D eigenvalue weighted by molar-refractivity contribution is 0.0765. The van der Waals surface area contributed by atoms with Crippen LogP contribution in [0.2, 0.25) is 0 Å². The van der Waals surface area contributed by atoms with Crippen molar-refractivity contribution < 1.29 is 24.4 Å². The van der Waals surface area contributed by atoms with Gasteiger partial charge in [-0.25, -0.2) is 0 Å². The maximum Gasteiger partial charge on any atom is 0.203 e. The summed E-state index contributed by atoms with van der Waals surface area (Å²) in [6.07, 6.45) is 15.5. The average molecular weight is 545 g/mol. The Kier molecular flexibility index (Phi) is 16.1. The van der Waals surface area contributed by atoms with E-state index in [1.165, 1.54) is 11.1 Å². The van der Waals surface area contributed by atoms with E-state index in [4.69, 9.17) is 25.1 Å². The lowest BCUT2D eigenvalue weighted by Gasteiger charge is -2.17. The van der Waals surface area contributed by atoms with Crippen LogP contribution in [0.5, 0.6) is 17.2 Å². The standard InChI is InChI=1S/C15H23NO3.C12H17NO.C5H12O/c1-3-12(4-2)16-10-11-6-7-13-15(14(11)17)19-9-5-8-18-13;1-3-10(7-8-13)11-5-4-6-12(9-11)14-2;1-4-5(2,3)6/h6-7,12,16-17H,3-5,8-10H2,1-2H3;4,6-9H,3,5,13H2,1-2H3;6H,4H2,1-3H3/b;8-7-,11-10+;. The lowest BCUT2D eigenvalue weighted by atomic mass is 9.98. The Morgan fingerprint density at radius 1 is 1.15 bits per heavy atom. The molecule has 1 aliphatic heterocycles. The predicted octanol–water partition coefficient (Wildman–Crippen LogP) is 6.65. The highest BCUT2D eigenvalue weighted by Gasteiger charge is 2.18. The molecule has 0 amide bonds. The zero-order chi connectivity index (χ0) is 29.3. The van der Waals surface area contributed by atoms with Crippen LogP contribution >= 0.6 is 0 Å². The van der Waals surface area contributed by atoms with E-state index in [9.17, 15) is 5.11 Å². The maximum absolute atomic E-state index is 10.3. The molecule has 220 valence electrons. The molecule has 1 aromatic carbocycles. The number of rotatable bonds is 9. The summed E-state index contributed by atoms with van der Waals surface area (Å²) in [4.78, 5) is 0. The summed E-state index contributed by atoms with van der Waals surface area (Å²) < 4.78 is 16.3. The number of hydrogen-bond acceptors (Lipinski definition) is 7. The Bertz CT molecular complexity index is 970. The third-order valence-electron chi connectivity index (χ3n) is 6.67. The largest absolute Gasteiger partial charge is 0.504 e. The van der Waals surface area contributed by atoms with E-state index in [0.29, 0.717) is 37.3 Å². The molecule has 1 aromatic rings. The molecule has 0 saturated heterocycles. The Labute approximate surface area is 236 Å². The number of benzene rings is 1. The molecule has 3 rings (SSSR count). The molecule has 7 heteroatoms. The fraction of sp³-hybridized carbons (Fsp3) is 0.562. The molecule has 0 spiro atoms. The second-order valence-corrected chi connectivity index (χ2v) is 10.1. The normalized spacial score (nSPS) is 16.0. The van der Waals surface area contributed by atoms with Crippen LogP contribution in [0.4, 0.5) is 0 Å². The third kappa shape index (κ3) is 12.7. The van der Waals surface area contributed by atoms with Crippen LogP contribution in [0.3, 0.4) is 0 Å². The van der Waals surface area contributed by atoms with Crippen molar-refractivity contribution in [1.82, 2.24) is 5.32 Å². The molecule has 2 aliphatic rings. The first-order chi connectivity index (χ1) is 18.6. The van der Waals surface area contributed by atoms with Crippen LogP contribution in [-0.2, 0) is 11.3 Å². The van der Waals surface area contributed by atoms with Crippen LogP contribution in [-0.4, -0.2) is 42.2 Å². The molecule has 0 aromatic heterocycles. The summed E-state index contributed by atoms with van der Waals surface area (Å²) in [5, 5.41) is 22.5. The van der Waals surface area contributed by atoms with Crippen molar-refractivity contribution >= 4 is 0 Å². The first-order valence-electron chi connectivity index (χ1n) is 14.2. The maximum atomic E-state index is 10.3. The van der Waals surface area contributed by atoms with E-state index in [-0.39, 0.29) is 5.75 Å². The first kappa shape index (κ1) is 34.1. The Balaban J connectivity index is 0.000000334. The van der Waals surface area contributed by atoms with E-state index in [1.54, 1.807) is 27.2 Å². The van der Waals surface area contributed by atoms with Crippen LogP contribution in [0.1, 0.15) is 85.6 Å². The quantitative estimate of drug-likeness (QED) is 0.276. The van der Waals surface area contributed by atoms with Crippen molar-refractivity contribution in [3.8, 4) is 17.2 Å². The van der Waals surface area contributed by atoms with Gasteiger partial charge in [0.25, 0.3) is 0 Å². The number of nitrogens with one attached hydrogen (secondary N) is 1. The number of fused-ring (bicyclic) bond motifs is 1. The van der Waals surface area contributed by atoms with Gasteiger partial charge in [0.1, 0.15) is 5.76 Å². The Morgan fingerprint density at radius 2 is 1.82 bits per heavy atom. The van der Waals surface area contributed by atoms with E-state index in [2.05, 4.69) is 38.2 Å². The molecule has 0 fully saturated rings. The van der Waals surface area contributed by atoms with Crippen molar-refractivity contribution in [2.24, 2.45) is 5.73 Å². The topological polar surface area (TPSA) is 106 Å². The number of aromatic hydroxyl groups is 1. The van der Waals surface area contributed by atoms with Gasteiger partial charge < -0.3 is 35.5 Å². The minimum atomic E-state index is -0.458. The lowest BCUT2D eigenvalue weighted by Crippen LogP contribution is -2.27. The Hall–Kier alpha value is -2.90. The van der Waals surface area contributed by atoms with Crippen LogP contribution in [0.25, 0.3) is 0 Å². The number of allylic oxidation sites excluding steroid dienone is 6. The van der Waals surface area contributed by atoms with Gasteiger partial charge in [-0.2, -0.15) is 0 Å². The highest BCUT2D eigenvalue weighted by molar-refractivity contribution is 5.55. The molecule has 39 heavy (non-hydrogen) atoms. The van der Waals surface area contributed by atoms with Gasteiger partial charge in [-0.15, -0.1) is 0 Å². The molecule has 0 radical (unpaired) electrons. The van der Waals surface area contributed by atoms with Crippen molar-refractivity contribution in [2.45, 2.75) is 98.3 Å². The van der Waals surface area contributed by atoms with E-state index in [0.717, 1.165) is 49.8 Å². The van der Waals surface area contributed by atoms with E-state index < -0.39 is 5.60 Å². The van der Waals surface area contributed by atoms with Gasteiger partial charge in [0, 0.05) is 24.6 Å². The number of aliphatic hydroxyl groups is 1. The molecule has 0 atom stereocenters. The molecule has 7 nitrogen and oxygen atoms in total. The Morgan fingerprint density at radius 3 is 2.38 bits per heavy atom. The number of nitrogens with two attached hydrogens (primary N) is 1. The highest BCUT2D eigenvalue weighted by atomic mass is 16.5. The molecular weight excluding hydrogens is 492 g/mol. The minimum absolute atomic E-state index is 0.206. The van der Waals surface area contributed by atoms with Gasteiger partial charge in [0.15, 0.2) is 11.5 Å². The first-order valence-corrected chi connectivity index (χ1v) is 14.2. The predicted molar refractivity (Wildman–Crippen MR) is 161 cm³/mol. The molecule has 0 bridgehead atoms. The van der Waals surface area contributed by atoms with Gasteiger partial charge in [0.2, 0.25) is 5.75 Å². The second-order valence-electron chi connectivity index (χ2n) is 10.1. The number of methoxy groups -OCH3 is 1. The van der Waals surface area contributed by atoms with E-state index in [1.807, 2.05) is 31.2 Å². The average Bonchev–Trinajstić information content (AvgIpc) is 3.20. The fourth-order valence-corrected chi connectivity index (χ4v) is 3.74. The molecule has 0 unspecified atom stereocenters. The van der Waals surface area contributed by atoms with E-state index >= 15 is 0 Å². The summed E-state index contributed by atoms with van der Waals surface area (Å²) in [6, 6.07) is 4.26. The van der Waals surface area contributed by atoms with Gasteiger partial charge in [-0.05, 0) is 87.6 Å². The molecular formula is C32H52N2O5. The highest BCUT2D eigenvalue weighted by Crippen LogP contribution is 2.40. The van der Waals surface area contributed by atoms with Crippen molar-refractivity contribution in [3.63, 3.8) is 0 Å². The monoisotopic (exact) mass is 544 g/mol. The van der Waals surface area contributed by atoms with Crippen LogP contribution in [0, 0.1) is 0 Å². The summed E-state index contributed by atoms with van der Waals surface area (Å²) in [6.45, 7) is 13.9. The third-order valence-corrected chi connectivity index (χ3v) is 6.67. The van der Waals surface area contributed by atoms with Crippen molar-refractivity contribution in [3.05, 3.63) is 65.1 Å². The molecule has 0 saturated carbocycles. The molecule has 1 aliphatic carbocycles. The summed E-state index contributed by atoms with van der Waals surface area (Å²) in [5.74, 6) is 2.24. The fourth-order valence-electron chi connectivity index (χ4n) is 3.74. The van der Waals surface area contributed by atoms with Gasteiger partial charge >= 0.3 is 0 Å². The van der Waals surface area contributed by atoms with Crippen molar-refractivity contribution in [1.29, 1.82) is 0 Å². The summed E-state index contributed by atoms with van der Waals surface area (Å²) in [7, 11) is 1.68. The zero-order valence-electron chi connectivity index (χ0n) is 25.2. The van der Waals surface area contributed by atoms with Crippen molar-refractivity contribution in [2.75, 3.05) is 20.3 Å². The summed E-state index contributed by atoms with van der Waals surface area (Å²) in [5.41, 5.74) is 8.35. The molecule has 5 N–H and O–H groups in total. The van der Waals surface area contributed by atoms with Gasteiger partial charge in [0.05, 0.1) is 25.9 Å².